The highest BCUT2D eigenvalue weighted by Crippen LogP contribution is 1.99. The lowest BCUT2D eigenvalue weighted by Crippen LogP contribution is -2.39. The molecule has 0 aliphatic heterocycles. The number of unbranched alkanes of at least 4 members (excludes halogenated alkanes) is 3. The Hall–Kier alpha value is -1.03. The Kier molecular flexibility index (Phi) is 11.2. The van der Waals surface area contributed by atoms with E-state index in [1.807, 2.05) is 0 Å². The van der Waals surface area contributed by atoms with Crippen LogP contribution in [0.5, 0.6) is 0 Å². The van der Waals surface area contributed by atoms with Crippen LogP contribution in [0.4, 0.5) is 0 Å². The van der Waals surface area contributed by atoms with Gasteiger partial charge in [-0.1, -0.05) is 12.8 Å². The second-order valence-corrected chi connectivity index (χ2v) is 5.25. The number of carbonyl (C=O) groups is 2. The Labute approximate surface area is 120 Å². The van der Waals surface area contributed by atoms with Crippen molar-refractivity contribution < 1.29 is 28.6 Å². The molecule has 5 N–H and O–H groups in total. The van der Waals surface area contributed by atoms with Crippen LogP contribution in [-0.4, -0.2) is 55.9 Å². The molecule has 0 heterocycles. The second kappa shape index (κ2) is 11.8. The zero-order chi connectivity index (χ0) is 15.4. The normalized spacial score (nSPS) is 13.8. The number of hydrogen-bond acceptors (Lipinski definition) is 5. The lowest BCUT2D eigenvalue weighted by atomic mass is 10.1. The molecule has 0 aliphatic rings. The molecule has 20 heavy (non-hydrogen) atoms. The number of carboxylic acid groups (broad SMARTS) is 2. The Morgan fingerprint density at radius 2 is 1.65 bits per heavy atom. The van der Waals surface area contributed by atoms with Crippen LogP contribution in [0.1, 0.15) is 32.1 Å². The fourth-order valence-corrected chi connectivity index (χ4v) is 1.90. The van der Waals surface area contributed by atoms with Gasteiger partial charge >= 0.3 is 11.9 Å². The fraction of sp³-hybridized carbons (Fsp3) is 0.818. The summed E-state index contributed by atoms with van der Waals surface area (Å²) in [5, 5.41) is 22.9. The molecular formula is C11H22N2O6S. The molecule has 0 bridgehead atoms. The van der Waals surface area contributed by atoms with E-state index in [-0.39, 0.29) is 5.88 Å². The average Bonchev–Trinajstić information content (AvgIpc) is 2.34. The van der Waals surface area contributed by atoms with Gasteiger partial charge in [0.1, 0.15) is 6.04 Å². The highest BCUT2D eigenvalue weighted by molar-refractivity contribution is 7.79. The number of rotatable bonds is 13. The monoisotopic (exact) mass is 310 g/mol. The first-order valence-corrected chi connectivity index (χ1v) is 7.67. The topological polar surface area (TPSA) is 136 Å². The third-order valence-electron chi connectivity index (χ3n) is 2.57. The molecule has 0 aromatic rings. The van der Waals surface area contributed by atoms with Gasteiger partial charge in [-0.3, -0.25) is 9.59 Å². The van der Waals surface area contributed by atoms with Crippen molar-refractivity contribution in [3.8, 4) is 0 Å². The molecule has 0 fully saturated rings. The molecule has 2 unspecified atom stereocenters. The van der Waals surface area contributed by atoms with Crippen LogP contribution in [0.15, 0.2) is 0 Å². The molecule has 0 aromatic heterocycles. The van der Waals surface area contributed by atoms with Crippen LogP contribution < -0.4 is 10.6 Å². The van der Waals surface area contributed by atoms with Crippen LogP contribution in [0.25, 0.3) is 0 Å². The molecular weight excluding hydrogens is 288 g/mol. The Morgan fingerprint density at radius 3 is 2.15 bits per heavy atom. The molecule has 8 nitrogen and oxygen atoms in total. The summed E-state index contributed by atoms with van der Waals surface area (Å²) in [5.74, 6) is -2.23. The van der Waals surface area contributed by atoms with Crippen molar-refractivity contribution in [3.63, 3.8) is 0 Å². The van der Waals surface area contributed by atoms with E-state index in [1.165, 1.54) is 0 Å². The first kappa shape index (κ1) is 19.0. The van der Waals surface area contributed by atoms with E-state index in [2.05, 4.69) is 10.6 Å². The summed E-state index contributed by atoms with van der Waals surface area (Å²) in [7, 11) is 0. The largest absolute Gasteiger partial charge is 0.481 e. The summed E-state index contributed by atoms with van der Waals surface area (Å²) < 4.78 is 18.8. The van der Waals surface area contributed by atoms with E-state index in [4.69, 9.17) is 14.8 Å². The molecule has 0 radical (unpaired) electrons. The van der Waals surface area contributed by atoms with E-state index in [9.17, 15) is 13.8 Å². The summed E-state index contributed by atoms with van der Waals surface area (Å²) >= 11 is -1.82. The van der Waals surface area contributed by atoms with Gasteiger partial charge in [-0.2, -0.15) is 0 Å². The number of hydrogen-bond donors (Lipinski definition) is 5. The lowest BCUT2D eigenvalue weighted by molar-refractivity contribution is -0.145. The highest BCUT2D eigenvalue weighted by atomic mass is 32.2. The summed E-state index contributed by atoms with van der Waals surface area (Å²) in [6.07, 6.45) is 3.00. The van der Waals surface area contributed by atoms with Gasteiger partial charge in [0, 0.05) is 0 Å². The van der Waals surface area contributed by atoms with Gasteiger partial charge in [-0.15, -0.1) is 0 Å². The quantitative estimate of drug-likeness (QED) is 0.234. The summed E-state index contributed by atoms with van der Waals surface area (Å²) in [6.45, 7) is 1.12. The zero-order valence-electron chi connectivity index (χ0n) is 11.2. The van der Waals surface area contributed by atoms with Crippen LogP contribution in [-0.2, 0) is 20.7 Å². The van der Waals surface area contributed by atoms with Crippen molar-refractivity contribution in [1.82, 2.24) is 10.6 Å². The van der Waals surface area contributed by atoms with Crippen LogP contribution in [0.3, 0.4) is 0 Å². The number of aliphatic carboxylic acids is 2. The van der Waals surface area contributed by atoms with Crippen LogP contribution in [0, 0.1) is 0 Å². The third-order valence-corrected chi connectivity index (χ3v) is 3.02. The van der Waals surface area contributed by atoms with Crippen molar-refractivity contribution in [2.75, 3.05) is 19.0 Å². The van der Waals surface area contributed by atoms with Crippen molar-refractivity contribution in [2.45, 2.75) is 38.1 Å². The second-order valence-electron chi connectivity index (χ2n) is 4.32. The van der Waals surface area contributed by atoms with Gasteiger partial charge in [0.2, 0.25) is 0 Å². The molecule has 0 saturated heterocycles. The maximum atomic E-state index is 10.7. The fourth-order valence-electron chi connectivity index (χ4n) is 1.59. The minimum Gasteiger partial charge on any atom is -0.481 e. The predicted molar refractivity (Wildman–Crippen MR) is 73.8 cm³/mol. The van der Waals surface area contributed by atoms with Crippen LogP contribution >= 0.6 is 0 Å². The molecule has 0 rings (SSSR count). The van der Waals surface area contributed by atoms with E-state index in [0.29, 0.717) is 13.1 Å². The minimum absolute atomic E-state index is 0.0665. The van der Waals surface area contributed by atoms with E-state index < -0.39 is 35.5 Å². The molecule has 118 valence electrons. The Morgan fingerprint density at radius 1 is 1.05 bits per heavy atom. The summed E-state index contributed by atoms with van der Waals surface area (Å²) in [6, 6.07) is -1.05. The minimum atomic E-state index is -1.82. The van der Waals surface area contributed by atoms with Gasteiger partial charge in [-0.05, 0) is 25.9 Å². The van der Waals surface area contributed by atoms with Gasteiger partial charge < -0.3 is 25.4 Å². The molecule has 0 amide bonds. The number of carboxylic acids is 2. The number of nitrogens with one attached hydrogen (secondary N) is 2. The van der Waals surface area contributed by atoms with Crippen molar-refractivity contribution >= 4 is 23.0 Å². The Bertz CT molecular complexity index is 326. The zero-order valence-corrected chi connectivity index (χ0v) is 12.0. The Balaban J connectivity index is 3.48. The summed E-state index contributed by atoms with van der Waals surface area (Å²) in [4.78, 5) is 21.2. The van der Waals surface area contributed by atoms with Crippen molar-refractivity contribution in [2.24, 2.45) is 0 Å². The van der Waals surface area contributed by atoms with Gasteiger partial charge in [-0.25, -0.2) is 4.21 Å². The van der Waals surface area contributed by atoms with Crippen molar-refractivity contribution in [3.05, 3.63) is 0 Å². The van der Waals surface area contributed by atoms with E-state index in [0.717, 1.165) is 25.7 Å². The first-order chi connectivity index (χ1) is 9.43. The summed E-state index contributed by atoms with van der Waals surface area (Å²) in [5.41, 5.74) is 0. The van der Waals surface area contributed by atoms with E-state index >= 15 is 0 Å². The molecule has 2 atom stereocenters. The standard InChI is InChI=1S/C11H22N2O6S/c14-10(15)7-9(11(16)17)13-6-4-2-1-3-5-12-8-20(18)19/h9,12-13H,1-8H2,(H,14,15)(H,16,17)(H,18,19). The maximum Gasteiger partial charge on any atom is 0.321 e. The molecule has 0 aliphatic carbocycles. The lowest BCUT2D eigenvalue weighted by Gasteiger charge is -2.11. The van der Waals surface area contributed by atoms with Gasteiger partial charge in [0.05, 0.1) is 12.3 Å². The van der Waals surface area contributed by atoms with Crippen LogP contribution in [0.2, 0.25) is 0 Å². The third kappa shape index (κ3) is 12.0. The SMILES string of the molecule is O=C(O)CC(NCCCCCCNCS(=O)O)C(=O)O. The average molecular weight is 310 g/mol. The molecule has 0 spiro atoms. The molecule has 0 saturated carbocycles. The van der Waals surface area contributed by atoms with Gasteiger partial charge in [0.25, 0.3) is 0 Å². The smallest absolute Gasteiger partial charge is 0.321 e. The first-order valence-electron chi connectivity index (χ1n) is 6.39. The molecule has 9 heteroatoms. The maximum absolute atomic E-state index is 10.7. The van der Waals surface area contributed by atoms with E-state index in [1.54, 1.807) is 0 Å². The highest BCUT2D eigenvalue weighted by Gasteiger charge is 2.19. The van der Waals surface area contributed by atoms with Crippen molar-refractivity contribution in [1.29, 1.82) is 0 Å². The van der Waals surface area contributed by atoms with Gasteiger partial charge in [0.15, 0.2) is 11.1 Å². The molecule has 0 aromatic carbocycles. The predicted octanol–water partition coefficient (Wildman–Crippen LogP) is -0.167.